The molecule has 0 aliphatic heterocycles. The number of aliphatic carboxylic acids is 1. The fraction of sp³-hybridized carbons (Fsp3) is 0.133. The Morgan fingerprint density at radius 1 is 1.00 bits per heavy atom. The van der Waals surface area contributed by atoms with Crippen molar-refractivity contribution in [3.8, 4) is 17.2 Å². The summed E-state index contributed by atoms with van der Waals surface area (Å²) in [6, 6.07) is 6.34. The zero-order valence-corrected chi connectivity index (χ0v) is 20.5. The zero-order valence-electron chi connectivity index (χ0n) is 11.9. The molecule has 1 unspecified atom stereocenters. The van der Waals surface area contributed by atoms with Crippen molar-refractivity contribution in [1.29, 1.82) is 0 Å². The molecular weight excluding hydrogens is 812 g/mol. The predicted octanol–water partition coefficient (Wildman–Crippen LogP) is 3.26. The maximum absolute atomic E-state index is 10.9. The first kappa shape index (κ1) is 28.4. The SMILES string of the molecule is NC(Cc1cc(I)c(Oc2cc(I)c(O)c(I)c2)c(I)c1)C(=O)O.[NaH].[NaH]. The van der Waals surface area contributed by atoms with Crippen LogP contribution in [0.2, 0.25) is 0 Å². The van der Waals surface area contributed by atoms with Gasteiger partial charge >= 0.3 is 65.1 Å². The molecule has 4 N–H and O–H groups in total. The van der Waals surface area contributed by atoms with Crippen LogP contribution in [0.5, 0.6) is 17.2 Å². The van der Waals surface area contributed by atoms with Crippen molar-refractivity contribution >= 4 is 155 Å². The van der Waals surface area contributed by atoms with Gasteiger partial charge in [0.1, 0.15) is 17.5 Å². The second-order valence-corrected chi connectivity index (χ2v) is 9.52. The number of ether oxygens (including phenoxy) is 1. The van der Waals surface area contributed by atoms with E-state index in [-0.39, 0.29) is 71.3 Å². The molecule has 0 amide bonds. The molecule has 132 valence electrons. The molecule has 2 rings (SSSR count). The zero-order chi connectivity index (χ0) is 18.0. The van der Waals surface area contributed by atoms with Gasteiger partial charge in [-0.1, -0.05) is 0 Å². The van der Waals surface area contributed by atoms with Gasteiger partial charge in [-0.25, -0.2) is 0 Å². The molecule has 0 bridgehead atoms. The van der Waals surface area contributed by atoms with E-state index in [9.17, 15) is 9.90 Å². The van der Waals surface area contributed by atoms with Gasteiger partial charge in [0, 0.05) is 0 Å². The van der Waals surface area contributed by atoms with Crippen LogP contribution >= 0.6 is 90.4 Å². The van der Waals surface area contributed by atoms with Crippen LogP contribution in [0.25, 0.3) is 0 Å². The summed E-state index contributed by atoms with van der Waals surface area (Å²) in [5.41, 5.74) is 6.44. The number of hydrogen-bond donors (Lipinski definition) is 3. The number of phenols is 1. The fourth-order valence-corrected chi connectivity index (χ4v) is 5.72. The van der Waals surface area contributed by atoms with E-state index in [1.54, 1.807) is 12.1 Å². The Hall–Kier alpha value is 2.39. The summed E-state index contributed by atoms with van der Waals surface area (Å²) in [5.74, 6) is 0.549. The van der Waals surface area contributed by atoms with Gasteiger partial charge in [-0.3, -0.25) is 4.79 Å². The van der Waals surface area contributed by atoms with Gasteiger partial charge < -0.3 is 20.7 Å². The number of halogens is 4. The van der Waals surface area contributed by atoms with Crippen LogP contribution in [0.3, 0.4) is 0 Å². The van der Waals surface area contributed by atoms with E-state index in [4.69, 9.17) is 15.6 Å². The summed E-state index contributed by atoms with van der Waals surface area (Å²) in [6.07, 6.45) is 0.261. The Bertz CT molecular complexity index is 761. The van der Waals surface area contributed by atoms with E-state index >= 15 is 0 Å². The van der Waals surface area contributed by atoms with E-state index in [2.05, 4.69) is 90.4 Å². The molecule has 26 heavy (non-hydrogen) atoms. The molecule has 1 atom stereocenters. The van der Waals surface area contributed by atoms with Crippen LogP contribution in [0.4, 0.5) is 0 Å². The maximum atomic E-state index is 10.9. The van der Waals surface area contributed by atoms with Crippen LogP contribution in [0.15, 0.2) is 24.3 Å². The summed E-state index contributed by atoms with van der Waals surface area (Å²) in [5, 5.41) is 18.8. The van der Waals surface area contributed by atoms with Gasteiger partial charge in [0.25, 0.3) is 0 Å². The number of carboxylic acid groups (broad SMARTS) is 1. The minimum absolute atomic E-state index is 0. The van der Waals surface area contributed by atoms with Gasteiger partial charge in [0.15, 0.2) is 5.75 Å². The Kier molecular flexibility index (Phi) is 14.1. The molecule has 0 aliphatic carbocycles. The van der Waals surface area contributed by atoms with E-state index < -0.39 is 12.0 Å². The number of nitrogens with two attached hydrogens (primary N) is 1. The number of aromatic hydroxyl groups is 1. The molecule has 0 saturated carbocycles. The van der Waals surface area contributed by atoms with Crippen molar-refractivity contribution in [3.05, 3.63) is 44.1 Å². The van der Waals surface area contributed by atoms with Crippen molar-refractivity contribution in [3.63, 3.8) is 0 Å². The van der Waals surface area contributed by atoms with E-state index in [1.807, 2.05) is 12.1 Å². The fourth-order valence-electron chi connectivity index (χ4n) is 1.89. The topological polar surface area (TPSA) is 92.8 Å². The van der Waals surface area contributed by atoms with E-state index in [0.717, 1.165) is 12.7 Å². The number of carbonyl (C=O) groups is 1. The molecule has 0 saturated heterocycles. The molecule has 0 heterocycles. The third-order valence-corrected chi connectivity index (χ3v) is 6.29. The van der Waals surface area contributed by atoms with Crippen molar-refractivity contribution in [2.24, 2.45) is 5.73 Å². The summed E-state index contributed by atoms with van der Waals surface area (Å²) in [6.45, 7) is 0. The van der Waals surface area contributed by atoms with Crippen molar-refractivity contribution < 1.29 is 19.7 Å². The van der Waals surface area contributed by atoms with Gasteiger partial charge in [-0.05, 0) is 127 Å². The average molecular weight is 825 g/mol. The third kappa shape index (κ3) is 7.91. The van der Waals surface area contributed by atoms with Crippen LogP contribution < -0.4 is 10.5 Å². The van der Waals surface area contributed by atoms with E-state index in [0.29, 0.717) is 18.6 Å². The molecule has 11 heteroatoms. The Balaban J connectivity index is 0.00000312. The van der Waals surface area contributed by atoms with Crippen LogP contribution in [-0.4, -0.2) is 81.3 Å². The monoisotopic (exact) mass is 825 g/mol. The third-order valence-electron chi connectivity index (χ3n) is 3.04. The summed E-state index contributed by atoms with van der Waals surface area (Å²) in [4.78, 5) is 10.9. The predicted molar refractivity (Wildman–Crippen MR) is 139 cm³/mol. The van der Waals surface area contributed by atoms with Crippen molar-refractivity contribution in [2.45, 2.75) is 12.5 Å². The quantitative estimate of drug-likeness (QED) is 0.319. The molecule has 5 nitrogen and oxygen atoms in total. The molecule has 2 aromatic carbocycles. The Morgan fingerprint density at radius 2 is 1.46 bits per heavy atom. The summed E-state index contributed by atoms with van der Waals surface area (Å²) < 4.78 is 9.14. The van der Waals surface area contributed by atoms with Gasteiger partial charge in [-0.2, -0.15) is 0 Å². The van der Waals surface area contributed by atoms with Gasteiger partial charge in [-0.15, -0.1) is 0 Å². The van der Waals surface area contributed by atoms with E-state index in [1.165, 1.54) is 0 Å². The Labute approximate surface area is 250 Å². The molecule has 2 aromatic rings. The number of rotatable bonds is 5. The molecule has 0 fully saturated rings. The number of benzene rings is 2. The second kappa shape index (κ2) is 12.9. The first-order chi connectivity index (χ1) is 11.2. The number of carboxylic acids is 1. The average Bonchev–Trinajstić information content (AvgIpc) is 2.48. The van der Waals surface area contributed by atoms with Crippen LogP contribution in [-0.2, 0) is 11.2 Å². The minimum atomic E-state index is -1.02. The van der Waals surface area contributed by atoms with Crippen LogP contribution in [0, 0.1) is 14.3 Å². The van der Waals surface area contributed by atoms with Crippen molar-refractivity contribution in [1.82, 2.24) is 0 Å². The molecule has 0 aromatic heterocycles. The van der Waals surface area contributed by atoms with Crippen molar-refractivity contribution in [2.75, 3.05) is 0 Å². The summed E-state index contributed by atoms with van der Waals surface area (Å²) >= 11 is 8.42. The first-order valence-corrected chi connectivity index (χ1v) is 10.8. The number of phenolic OH excluding ortho intramolecular Hbond substituents is 1. The van der Waals surface area contributed by atoms with Gasteiger partial charge in [0.2, 0.25) is 0 Å². The second-order valence-electron chi connectivity index (χ2n) is 4.88. The first-order valence-electron chi connectivity index (χ1n) is 6.51. The molecule has 0 spiro atoms. The molecule has 0 radical (unpaired) electrons. The van der Waals surface area contributed by atoms with Crippen LogP contribution in [0.1, 0.15) is 5.56 Å². The molecule has 0 aliphatic rings. The standard InChI is InChI=1S/C15H11I4NO4.2Na.2H/c16-8-4-7(5-9(17)13(8)21)24-14-10(18)1-6(2-11(14)19)3-12(20)15(22)23;;;;/h1-2,4-5,12,21H,3,20H2,(H,22,23);;;;. The number of hydrogen-bond acceptors (Lipinski definition) is 4. The Morgan fingerprint density at radius 3 is 1.88 bits per heavy atom. The summed E-state index contributed by atoms with van der Waals surface area (Å²) in [7, 11) is 0. The normalized spacial score (nSPS) is 11.1. The van der Waals surface area contributed by atoms with Gasteiger partial charge in [0.05, 0.1) is 14.3 Å². The molecular formula is C15H13I4NNa2O4.